The van der Waals surface area contributed by atoms with Gasteiger partial charge in [-0.2, -0.15) is 0 Å². The number of esters is 1. The van der Waals surface area contributed by atoms with Crippen molar-refractivity contribution in [1.82, 2.24) is 5.32 Å². The van der Waals surface area contributed by atoms with Gasteiger partial charge in [0.2, 0.25) is 5.78 Å². The van der Waals surface area contributed by atoms with Crippen LogP contribution in [0.2, 0.25) is 0 Å². The third-order valence-electron chi connectivity index (χ3n) is 3.79. The van der Waals surface area contributed by atoms with Crippen LogP contribution in [0.3, 0.4) is 0 Å². The number of Topliss-reactive ketones (excluding diaryl/α,β-unsaturated/α-hetero) is 1. The van der Waals surface area contributed by atoms with Gasteiger partial charge in [-0.15, -0.1) is 0 Å². The van der Waals surface area contributed by atoms with E-state index < -0.39 is 17.4 Å². The van der Waals surface area contributed by atoms with Crippen LogP contribution in [0.15, 0.2) is 65.7 Å². The highest BCUT2D eigenvalue weighted by molar-refractivity contribution is 8.03. The van der Waals surface area contributed by atoms with E-state index in [0.717, 1.165) is 5.75 Å². The lowest BCUT2D eigenvalue weighted by Gasteiger charge is -2.18. The van der Waals surface area contributed by atoms with Crippen molar-refractivity contribution in [2.75, 3.05) is 7.11 Å². The van der Waals surface area contributed by atoms with Gasteiger partial charge in [0.15, 0.2) is 6.10 Å². The van der Waals surface area contributed by atoms with Crippen LogP contribution in [0.1, 0.15) is 6.92 Å². The van der Waals surface area contributed by atoms with Crippen molar-refractivity contribution >= 4 is 23.5 Å². The van der Waals surface area contributed by atoms with Crippen molar-refractivity contribution in [3.05, 3.63) is 65.7 Å². The molecule has 2 atom stereocenters. The molecule has 0 spiro atoms. The zero-order chi connectivity index (χ0) is 19.2. The van der Waals surface area contributed by atoms with Crippen LogP contribution in [0.4, 0.5) is 0 Å². The van der Waals surface area contributed by atoms with E-state index in [2.05, 4.69) is 10.1 Å². The fraction of sp³-hybridized carbons (Fsp3) is 0.200. The maximum Gasteiger partial charge on any atom is 0.354 e. The van der Waals surface area contributed by atoms with Crippen LogP contribution >= 0.6 is 11.8 Å². The molecule has 0 saturated heterocycles. The summed E-state index contributed by atoms with van der Waals surface area (Å²) in [6, 6.07) is 16.5. The minimum atomic E-state index is -0.679. The lowest BCUT2D eigenvalue weighted by molar-refractivity contribution is -0.136. The molecule has 0 radical (unpaired) electrons. The Kier molecular flexibility index (Phi) is 6.03. The topological polar surface area (TPSA) is 73.9 Å². The number of nitrogens with one attached hydrogen (secondary N) is 1. The molecule has 7 heteroatoms. The molecule has 2 unspecified atom stereocenters. The van der Waals surface area contributed by atoms with Gasteiger partial charge in [0, 0.05) is 5.41 Å². The number of hydrogen-bond donors (Lipinski definition) is 1. The van der Waals surface area contributed by atoms with Crippen LogP contribution in [0, 0.1) is 0 Å². The van der Waals surface area contributed by atoms with Gasteiger partial charge in [-0.25, -0.2) is 4.79 Å². The van der Waals surface area contributed by atoms with Gasteiger partial charge in [0.1, 0.15) is 28.3 Å². The molecule has 140 valence electrons. The third-order valence-corrected chi connectivity index (χ3v) is 4.78. The van der Waals surface area contributed by atoms with E-state index in [4.69, 9.17) is 9.47 Å². The molecule has 27 heavy (non-hydrogen) atoms. The number of ketones is 1. The molecule has 2 aromatic carbocycles. The number of hydrogen-bond acceptors (Lipinski definition) is 7. The molecular weight excluding hydrogens is 366 g/mol. The lowest BCUT2D eigenvalue weighted by Crippen LogP contribution is -2.39. The SMILES string of the molecule is COC(=O)C1=CSC(C(=O)C(C)Oc2ccc(Oc3ccccc3)cc2)N1. The Morgan fingerprint density at radius 1 is 1.00 bits per heavy atom. The number of methoxy groups -OCH3 is 1. The Bertz CT molecular complexity index is 835. The second kappa shape index (κ2) is 8.64. The maximum absolute atomic E-state index is 12.5. The van der Waals surface area contributed by atoms with E-state index in [1.54, 1.807) is 36.6 Å². The van der Waals surface area contributed by atoms with Crippen molar-refractivity contribution in [1.29, 1.82) is 0 Å². The molecule has 0 aromatic heterocycles. The molecular formula is C20H19NO5S. The van der Waals surface area contributed by atoms with Crippen LogP contribution < -0.4 is 14.8 Å². The van der Waals surface area contributed by atoms with Crippen molar-refractivity contribution < 1.29 is 23.8 Å². The van der Waals surface area contributed by atoms with Gasteiger partial charge in [0.05, 0.1) is 7.11 Å². The largest absolute Gasteiger partial charge is 0.483 e. The first-order valence-corrected chi connectivity index (χ1v) is 9.25. The number of benzene rings is 2. The normalized spacial score (nSPS) is 16.7. The summed E-state index contributed by atoms with van der Waals surface area (Å²) in [5.74, 6) is 1.31. The summed E-state index contributed by atoms with van der Waals surface area (Å²) < 4.78 is 16.1. The van der Waals surface area contributed by atoms with Gasteiger partial charge >= 0.3 is 5.97 Å². The Labute approximate surface area is 161 Å². The van der Waals surface area contributed by atoms with Crippen LogP contribution in [0.25, 0.3) is 0 Å². The van der Waals surface area contributed by atoms with Crippen molar-refractivity contribution in [3.8, 4) is 17.2 Å². The molecule has 2 aromatic rings. The van der Waals surface area contributed by atoms with Crippen molar-refractivity contribution in [2.45, 2.75) is 18.4 Å². The van der Waals surface area contributed by atoms with E-state index >= 15 is 0 Å². The molecule has 0 aliphatic carbocycles. The van der Waals surface area contributed by atoms with Crippen LogP contribution in [-0.4, -0.2) is 30.3 Å². The minimum absolute atomic E-state index is 0.167. The van der Waals surface area contributed by atoms with Crippen molar-refractivity contribution in [2.24, 2.45) is 0 Å². The Morgan fingerprint density at radius 2 is 1.63 bits per heavy atom. The molecule has 0 fully saturated rings. The Morgan fingerprint density at radius 3 is 2.30 bits per heavy atom. The predicted octanol–water partition coefficient (Wildman–Crippen LogP) is 3.49. The maximum atomic E-state index is 12.5. The summed E-state index contributed by atoms with van der Waals surface area (Å²) in [6.07, 6.45) is -0.679. The van der Waals surface area contributed by atoms with E-state index in [9.17, 15) is 9.59 Å². The second-order valence-electron chi connectivity index (χ2n) is 5.73. The van der Waals surface area contributed by atoms with E-state index in [1.165, 1.54) is 18.9 Å². The number of carbonyl (C=O) groups is 2. The quantitative estimate of drug-likeness (QED) is 0.731. The van der Waals surface area contributed by atoms with Crippen molar-refractivity contribution in [3.63, 3.8) is 0 Å². The second-order valence-corrected chi connectivity index (χ2v) is 6.71. The number of para-hydroxylation sites is 1. The summed E-state index contributed by atoms with van der Waals surface area (Å²) in [4.78, 5) is 24.0. The molecule has 0 saturated carbocycles. The predicted molar refractivity (Wildman–Crippen MR) is 103 cm³/mol. The molecule has 1 N–H and O–H groups in total. The molecule has 1 aliphatic heterocycles. The molecule has 0 bridgehead atoms. The number of rotatable bonds is 7. The zero-order valence-corrected chi connectivity index (χ0v) is 15.7. The van der Waals surface area contributed by atoms with E-state index in [0.29, 0.717) is 11.5 Å². The summed E-state index contributed by atoms with van der Waals surface area (Å²) >= 11 is 1.22. The zero-order valence-electron chi connectivity index (χ0n) is 14.9. The summed E-state index contributed by atoms with van der Waals surface area (Å²) in [7, 11) is 1.29. The Hall–Kier alpha value is -2.93. The smallest absolute Gasteiger partial charge is 0.354 e. The van der Waals surface area contributed by atoms with Gasteiger partial charge in [-0.3, -0.25) is 4.79 Å². The van der Waals surface area contributed by atoms with Crippen LogP contribution in [-0.2, 0) is 14.3 Å². The average Bonchev–Trinajstić information content (AvgIpc) is 3.19. The first-order chi connectivity index (χ1) is 13.1. The Balaban J connectivity index is 1.54. The average molecular weight is 385 g/mol. The lowest BCUT2D eigenvalue weighted by atomic mass is 10.2. The molecule has 6 nitrogen and oxygen atoms in total. The highest BCUT2D eigenvalue weighted by atomic mass is 32.2. The standard InChI is InChI=1S/C20H19NO5S/c1-13(18(22)19-21-17(12-27-19)20(23)24-2)25-15-8-10-16(11-9-15)26-14-6-4-3-5-7-14/h3-13,19,21H,1-2H3. The van der Waals surface area contributed by atoms with E-state index in [1.807, 2.05) is 30.3 Å². The van der Waals surface area contributed by atoms with Gasteiger partial charge < -0.3 is 19.5 Å². The molecule has 0 amide bonds. The van der Waals surface area contributed by atoms with Gasteiger partial charge in [-0.05, 0) is 43.3 Å². The summed E-state index contributed by atoms with van der Waals surface area (Å²) in [5.41, 5.74) is 0.274. The number of carbonyl (C=O) groups excluding carboxylic acids is 2. The first-order valence-electron chi connectivity index (χ1n) is 8.30. The first kappa shape index (κ1) is 18.8. The van der Waals surface area contributed by atoms with E-state index in [-0.39, 0.29) is 11.5 Å². The highest BCUT2D eigenvalue weighted by Crippen LogP contribution is 2.26. The molecule has 3 rings (SSSR count). The van der Waals surface area contributed by atoms with Crippen LogP contribution in [0.5, 0.6) is 17.2 Å². The molecule has 1 heterocycles. The monoisotopic (exact) mass is 385 g/mol. The van der Waals surface area contributed by atoms with Gasteiger partial charge in [0.25, 0.3) is 0 Å². The number of ether oxygens (including phenoxy) is 3. The molecule has 1 aliphatic rings. The van der Waals surface area contributed by atoms with Gasteiger partial charge in [-0.1, -0.05) is 30.0 Å². The summed E-state index contributed by atoms with van der Waals surface area (Å²) in [6.45, 7) is 1.68. The third kappa shape index (κ3) is 4.83. The number of thioether (sulfide) groups is 1. The summed E-state index contributed by atoms with van der Waals surface area (Å²) in [5, 5.41) is 3.85. The fourth-order valence-corrected chi connectivity index (χ4v) is 3.34. The fourth-order valence-electron chi connectivity index (χ4n) is 2.39. The minimum Gasteiger partial charge on any atom is -0.483 e. The highest BCUT2D eigenvalue weighted by Gasteiger charge is 2.31.